The van der Waals surface area contributed by atoms with Crippen molar-refractivity contribution >= 4 is 0 Å². The van der Waals surface area contributed by atoms with Gasteiger partial charge in [0, 0.05) is 5.56 Å². The molecule has 0 radical (unpaired) electrons. The molecule has 2 aromatic carbocycles. The van der Waals surface area contributed by atoms with E-state index in [-0.39, 0.29) is 11.9 Å². The number of nitrogens with zero attached hydrogens (tertiary/aromatic N) is 1. The van der Waals surface area contributed by atoms with E-state index in [4.69, 9.17) is 4.74 Å². The number of hydrogen-bond acceptors (Lipinski definition) is 3. The smallest absolute Gasteiger partial charge is 0.125 e. The van der Waals surface area contributed by atoms with Crippen molar-refractivity contribution in [3.05, 3.63) is 65.0 Å². The summed E-state index contributed by atoms with van der Waals surface area (Å²) in [7, 11) is 0. The van der Waals surface area contributed by atoms with Gasteiger partial charge in [0.2, 0.25) is 0 Å². The SMILES string of the molecule is CCN(CC)CCCNC1c2ccccc2COc2ccc(F)cc21. The average Bonchev–Trinajstić information content (AvgIpc) is 2.79. The third-order valence-corrected chi connectivity index (χ3v) is 4.93. The van der Waals surface area contributed by atoms with Crippen molar-refractivity contribution in [1.82, 2.24) is 10.2 Å². The van der Waals surface area contributed by atoms with Crippen molar-refractivity contribution in [3.8, 4) is 5.75 Å². The van der Waals surface area contributed by atoms with E-state index in [1.54, 1.807) is 12.1 Å². The Balaban J connectivity index is 1.80. The predicted molar refractivity (Wildman–Crippen MR) is 99.4 cm³/mol. The molecule has 1 aliphatic rings. The third-order valence-electron chi connectivity index (χ3n) is 4.93. The second kappa shape index (κ2) is 8.45. The lowest BCUT2D eigenvalue weighted by Gasteiger charge is -2.22. The van der Waals surface area contributed by atoms with Gasteiger partial charge in [0.25, 0.3) is 0 Å². The maximum atomic E-state index is 13.9. The van der Waals surface area contributed by atoms with Crippen molar-refractivity contribution in [2.75, 3.05) is 26.2 Å². The molecule has 1 aliphatic heterocycles. The van der Waals surface area contributed by atoms with Gasteiger partial charge in [-0.15, -0.1) is 0 Å². The molecule has 3 rings (SSSR count). The fourth-order valence-corrected chi connectivity index (χ4v) is 3.46. The van der Waals surface area contributed by atoms with Crippen LogP contribution in [0.1, 0.15) is 43.0 Å². The molecule has 0 saturated carbocycles. The first-order chi connectivity index (χ1) is 12.2. The standard InChI is InChI=1S/C21H27FN2O/c1-3-24(4-2)13-7-12-23-21-18-9-6-5-8-16(18)15-25-20-11-10-17(22)14-19(20)21/h5-6,8-11,14,21,23H,3-4,7,12-13,15H2,1-2H3. The number of nitrogens with one attached hydrogen (secondary N) is 1. The molecular weight excluding hydrogens is 315 g/mol. The van der Waals surface area contributed by atoms with Gasteiger partial charge < -0.3 is 15.0 Å². The summed E-state index contributed by atoms with van der Waals surface area (Å²) in [5.74, 6) is 0.538. The molecule has 0 aromatic heterocycles. The highest BCUT2D eigenvalue weighted by atomic mass is 19.1. The summed E-state index contributed by atoms with van der Waals surface area (Å²) >= 11 is 0. The van der Waals surface area contributed by atoms with Crippen LogP contribution in [0.5, 0.6) is 5.75 Å². The predicted octanol–water partition coefficient (Wildman–Crippen LogP) is 4.13. The highest BCUT2D eigenvalue weighted by Gasteiger charge is 2.24. The summed E-state index contributed by atoms with van der Waals surface area (Å²) in [6, 6.07) is 13.0. The largest absolute Gasteiger partial charge is 0.489 e. The third kappa shape index (κ3) is 4.20. The molecule has 0 amide bonds. The molecule has 25 heavy (non-hydrogen) atoms. The van der Waals surface area contributed by atoms with Gasteiger partial charge in [-0.3, -0.25) is 0 Å². The molecule has 1 unspecified atom stereocenters. The van der Waals surface area contributed by atoms with Gasteiger partial charge in [-0.2, -0.15) is 0 Å². The van der Waals surface area contributed by atoms with E-state index < -0.39 is 0 Å². The van der Waals surface area contributed by atoms with E-state index >= 15 is 0 Å². The number of halogens is 1. The lowest BCUT2D eigenvalue weighted by Crippen LogP contribution is -2.29. The Kier molecular flexibility index (Phi) is 6.05. The van der Waals surface area contributed by atoms with E-state index in [2.05, 4.69) is 36.2 Å². The summed E-state index contributed by atoms with van der Waals surface area (Å²) in [5, 5.41) is 3.63. The van der Waals surface area contributed by atoms with E-state index in [0.29, 0.717) is 6.61 Å². The molecule has 134 valence electrons. The Morgan fingerprint density at radius 3 is 2.72 bits per heavy atom. The van der Waals surface area contributed by atoms with E-state index in [1.807, 2.05) is 12.1 Å². The number of benzene rings is 2. The molecule has 3 nitrogen and oxygen atoms in total. The number of ether oxygens (including phenoxy) is 1. The molecule has 2 aromatic rings. The van der Waals surface area contributed by atoms with Crippen molar-refractivity contribution in [1.29, 1.82) is 0 Å². The summed E-state index contributed by atoms with van der Waals surface area (Å²) in [4.78, 5) is 2.42. The minimum Gasteiger partial charge on any atom is -0.489 e. The summed E-state index contributed by atoms with van der Waals surface area (Å²) in [6.45, 7) is 9.00. The summed E-state index contributed by atoms with van der Waals surface area (Å²) in [6.07, 6.45) is 1.06. The van der Waals surface area contributed by atoms with Crippen LogP contribution in [0.3, 0.4) is 0 Å². The zero-order valence-corrected chi connectivity index (χ0v) is 15.1. The Labute approximate surface area is 149 Å². The molecule has 0 spiro atoms. The fraction of sp³-hybridized carbons (Fsp3) is 0.429. The van der Waals surface area contributed by atoms with Gasteiger partial charge >= 0.3 is 0 Å². The summed E-state index contributed by atoms with van der Waals surface area (Å²) in [5.41, 5.74) is 3.21. The maximum Gasteiger partial charge on any atom is 0.125 e. The number of fused-ring (bicyclic) bond motifs is 2. The van der Waals surface area contributed by atoms with Crippen molar-refractivity contribution in [2.24, 2.45) is 0 Å². The highest BCUT2D eigenvalue weighted by Crippen LogP contribution is 2.36. The van der Waals surface area contributed by atoms with Crippen LogP contribution in [-0.2, 0) is 6.61 Å². The van der Waals surface area contributed by atoms with Gasteiger partial charge in [-0.25, -0.2) is 4.39 Å². The quantitative estimate of drug-likeness (QED) is 0.766. The highest BCUT2D eigenvalue weighted by molar-refractivity contribution is 5.46. The lowest BCUT2D eigenvalue weighted by atomic mass is 9.95. The molecule has 0 aliphatic carbocycles. The summed E-state index contributed by atoms with van der Waals surface area (Å²) < 4.78 is 19.8. The Hall–Kier alpha value is -1.91. The van der Waals surface area contributed by atoms with Crippen LogP contribution in [0.2, 0.25) is 0 Å². The van der Waals surface area contributed by atoms with Crippen LogP contribution in [0.25, 0.3) is 0 Å². The van der Waals surface area contributed by atoms with Crippen molar-refractivity contribution < 1.29 is 9.13 Å². The first kappa shape index (κ1) is 17.9. The topological polar surface area (TPSA) is 24.5 Å². The van der Waals surface area contributed by atoms with E-state index in [9.17, 15) is 4.39 Å². The Morgan fingerprint density at radius 1 is 1.12 bits per heavy atom. The molecule has 0 saturated heterocycles. The number of rotatable bonds is 7. The van der Waals surface area contributed by atoms with Crippen LogP contribution in [0, 0.1) is 5.82 Å². The van der Waals surface area contributed by atoms with Gasteiger partial charge in [0.1, 0.15) is 18.2 Å². The zero-order chi connectivity index (χ0) is 17.6. The van der Waals surface area contributed by atoms with Crippen LogP contribution >= 0.6 is 0 Å². The second-order valence-electron chi connectivity index (χ2n) is 6.44. The first-order valence-corrected chi connectivity index (χ1v) is 9.18. The molecule has 0 bridgehead atoms. The normalized spacial score (nSPS) is 16.1. The second-order valence-corrected chi connectivity index (χ2v) is 6.44. The molecule has 1 N–H and O–H groups in total. The molecule has 1 heterocycles. The lowest BCUT2D eigenvalue weighted by molar-refractivity contribution is 0.296. The maximum absolute atomic E-state index is 13.9. The van der Waals surface area contributed by atoms with Crippen LogP contribution in [-0.4, -0.2) is 31.1 Å². The van der Waals surface area contributed by atoms with Crippen LogP contribution in [0.4, 0.5) is 4.39 Å². The van der Waals surface area contributed by atoms with Gasteiger partial charge in [-0.05, 0) is 61.9 Å². The Morgan fingerprint density at radius 2 is 1.92 bits per heavy atom. The van der Waals surface area contributed by atoms with Crippen molar-refractivity contribution in [3.63, 3.8) is 0 Å². The van der Waals surface area contributed by atoms with Gasteiger partial charge in [-0.1, -0.05) is 38.1 Å². The Bertz CT molecular complexity index is 700. The van der Waals surface area contributed by atoms with E-state index in [1.165, 1.54) is 11.6 Å². The van der Waals surface area contributed by atoms with E-state index in [0.717, 1.165) is 49.5 Å². The van der Waals surface area contributed by atoms with Crippen molar-refractivity contribution in [2.45, 2.75) is 32.9 Å². The number of hydrogen-bond donors (Lipinski definition) is 1. The molecular formula is C21H27FN2O. The van der Waals surface area contributed by atoms with Gasteiger partial charge in [0.05, 0.1) is 6.04 Å². The monoisotopic (exact) mass is 342 g/mol. The molecule has 4 heteroatoms. The van der Waals surface area contributed by atoms with Gasteiger partial charge in [0.15, 0.2) is 0 Å². The fourth-order valence-electron chi connectivity index (χ4n) is 3.46. The van der Waals surface area contributed by atoms with Crippen LogP contribution in [0.15, 0.2) is 42.5 Å². The molecule has 0 fully saturated rings. The molecule has 1 atom stereocenters. The average molecular weight is 342 g/mol. The van der Waals surface area contributed by atoms with Crippen LogP contribution < -0.4 is 10.1 Å². The zero-order valence-electron chi connectivity index (χ0n) is 15.1. The minimum atomic E-state index is -0.225. The first-order valence-electron chi connectivity index (χ1n) is 9.18. The minimum absolute atomic E-state index is 0.0406.